The van der Waals surface area contributed by atoms with E-state index in [4.69, 9.17) is 18.6 Å². The van der Waals surface area contributed by atoms with E-state index >= 15 is 0 Å². The van der Waals surface area contributed by atoms with Crippen molar-refractivity contribution in [1.82, 2.24) is 9.88 Å². The minimum atomic E-state index is -0.898. The molecule has 3 heterocycles. The standard InChI is InChI=1S/C28H26N2O7/c1-34-17-7-9-21-20(13-17)16(15-29-21)10-11-30-25(19-8-6-18(35-2)14-23(19)36-3)24(27(32)28(30)33)26(31)22-5-4-12-37-22/h4-9,12-15,25,29,32H,10-11H2,1-3H3/t25-/m0/s1. The molecule has 190 valence electrons. The quantitative estimate of drug-likeness (QED) is 0.321. The Kier molecular flexibility index (Phi) is 6.35. The third-order valence-corrected chi connectivity index (χ3v) is 6.63. The van der Waals surface area contributed by atoms with E-state index in [0.717, 1.165) is 22.2 Å². The lowest BCUT2D eigenvalue weighted by atomic mass is 9.94. The van der Waals surface area contributed by atoms with Gasteiger partial charge < -0.3 is 33.6 Å². The Morgan fingerprint density at radius 1 is 1.05 bits per heavy atom. The van der Waals surface area contributed by atoms with Crippen LogP contribution in [0.5, 0.6) is 17.2 Å². The maximum absolute atomic E-state index is 13.4. The van der Waals surface area contributed by atoms with Gasteiger partial charge in [-0.1, -0.05) is 0 Å². The van der Waals surface area contributed by atoms with Crippen LogP contribution in [0.25, 0.3) is 10.9 Å². The van der Waals surface area contributed by atoms with Gasteiger partial charge in [0.05, 0.1) is 39.2 Å². The summed E-state index contributed by atoms with van der Waals surface area (Å²) < 4.78 is 21.6. The van der Waals surface area contributed by atoms with E-state index < -0.39 is 23.5 Å². The van der Waals surface area contributed by atoms with Crippen LogP contribution in [0, 0.1) is 0 Å². The molecular formula is C28H26N2O7. The van der Waals surface area contributed by atoms with Crippen LogP contribution in [0.4, 0.5) is 0 Å². The molecule has 2 aromatic heterocycles. The Hall–Kier alpha value is -4.66. The highest BCUT2D eigenvalue weighted by atomic mass is 16.5. The molecule has 0 spiro atoms. The molecule has 1 amide bonds. The first kappa shape index (κ1) is 24.1. The van der Waals surface area contributed by atoms with Crippen molar-refractivity contribution in [2.45, 2.75) is 12.5 Å². The zero-order valence-electron chi connectivity index (χ0n) is 20.6. The average Bonchev–Trinajstić information content (AvgIpc) is 3.66. The maximum atomic E-state index is 13.4. The highest BCUT2D eigenvalue weighted by molar-refractivity contribution is 6.15. The summed E-state index contributed by atoms with van der Waals surface area (Å²) in [6.45, 7) is 0.224. The molecule has 9 heteroatoms. The van der Waals surface area contributed by atoms with E-state index in [0.29, 0.717) is 23.5 Å². The largest absolute Gasteiger partial charge is 0.503 e. The third kappa shape index (κ3) is 4.18. The number of hydrogen-bond donors (Lipinski definition) is 2. The second-order valence-corrected chi connectivity index (χ2v) is 8.55. The molecule has 0 bridgehead atoms. The van der Waals surface area contributed by atoms with Crippen molar-refractivity contribution in [3.05, 3.63) is 89.2 Å². The van der Waals surface area contributed by atoms with Crippen molar-refractivity contribution in [3.63, 3.8) is 0 Å². The number of benzene rings is 2. The van der Waals surface area contributed by atoms with Crippen molar-refractivity contribution >= 4 is 22.6 Å². The number of nitrogens with zero attached hydrogens (tertiary/aromatic N) is 1. The van der Waals surface area contributed by atoms with Crippen molar-refractivity contribution in [3.8, 4) is 17.2 Å². The number of fused-ring (bicyclic) bond motifs is 1. The van der Waals surface area contributed by atoms with Crippen LogP contribution in [0.15, 0.2) is 76.7 Å². The predicted molar refractivity (Wildman–Crippen MR) is 135 cm³/mol. The van der Waals surface area contributed by atoms with E-state index in [1.165, 1.54) is 31.4 Å². The lowest BCUT2D eigenvalue weighted by Crippen LogP contribution is -2.33. The van der Waals surface area contributed by atoms with Crippen molar-refractivity contribution in [2.75, 3.05) is 27.9 Å². The van der Waals surface area contributed by atoms with E-state index in [1.807, 2.05) is 24.4 Å². The van der Waals surface area contributed by atoms with E-state index in [-0.39, 0.29) is 17.9 Å². The predicted octanol–water partition coefficient (Wildman–Crippen LogP) is 4.61. The fourth-order valence-corrected chi connectivity index (χ4v) is 4.76. The van der Waals surface area contributed by atoms with Crippen molar-refractivity contribution in [1.29, 1.82) is 0 Å². The second-order valence-electron chi connectivity index (χ2n) is 8.55. The van der Waals surface area contributed by atoms with Gasteiger partial charge in [-0.2, -0.15) is 0 Å². The maximum Gasteiger partial charge on any atom is 0.290 e. The highest BCUT2D eigenvalue weighted by Gasteiger charge is 2.45. The van der Waals surface area contributed by atoms with Crippen LogP contribution in [-0.4, -0.2) is 54.6 Å². The molecule has 1 aliphatic heterocycles. The van der Waals surface area contributed by atoms with Crippen LogP contribution in [0.1, 0.15) is 27.7 Å². The fraction of sp³-hybridized carbons (Fsp3) is 0.214. The number of ether oxygens (including phenoxy) is 3. The molecule has 0 unspecified atom stereocenters. The first-order valence-corrected chi connectivity index (χ1v) is 11.6. The lowest BCUT2D eigenvalue weighted by molar-refractivity contribution is -0.129. The number of furan rings is 1. The average molecular weight is 503 g/mol. The van der Waals surface area contributed by atoms with Gasteiger partial charge in [0, 0.05) is 35.3 Å². The van der Waals surface area contributed by atoms with Gasteiger partial charge in [-0.05, 0) is 54.4 Å². The summed E-state index contributed by atoms with van der Waals surface area (Å²) >= 11 is 0. The number of rotatable bonds is 9. The first-order chi connectivity index (χ1) is 18.0. The molecule has 1 aliphatic rings. The summed E-state index contributed by atoms with van der Waals surface area (Å²) in [5, 5.41) is 11.9. The Morgan fingerprint density at radius 2 is 1.81 bits per heavy atom. The van der Waals surface area contributed by atoms with Gasteiger partial charge in [0.25, 0.3) is 5.91 Å². The number of carbonyl (C=O) groups is 2. The number of aliphatic hydroxyl groups excluding tert-OH is 1. The number of aromatic amines is 1. The zero-order chi connectivity index (χ0) is 26.1. The van der Waals surface area contributed by atoms with Gasteiger partial charge in [0.2, 0.25) is 5.78 Å². The monoisotopic (exact) mass is 502 g/mol. The molecule has 37 heavy (non-hydrogen) atoms. The zero-order valence-corrected chi connectivity index (χ0v) is 20.6. The van der Waals surface area contributed by atoms with Crippen LogP contribution >= 0.6 is 0 Å². The van der Waals surface area contributed by atoms with E-state index in [1.54, 1.807) is 31.4 Å². The number of ketones is 1. The van der Waals surface area contributed by atoms with E-state index in [9.17, 15) is 14.7 Å². The summed E-state index contributed by atoms with van der Waals surface area (Å²) in [4.78, 5) is 31.5. The molecule has 0 fully saturated rings. The number of hydrogen-bond acceptors (Lipinski definition) is 7. The molecule has 2 aromatic carbocycles. The van der Waals surface area contributed by atoms with Crippen molar-refractivity contribution in [2.24, 2.45) is 0 Å². The minimum absolute atomic E-state index is 0.0254. The van der Waals surface area contributed by atoms with Gasteiger partial charge >= 0.3 is 0 Å². The molecule has 0 saturated heterocycles. The first-order valence-electron chi connectivity index (χ1n) is 11.6. The number of carbonyl (C=O) groups excluding carboxylic acids is 2. The van der Waals surface area contributed by atoms with Crippen LogP contribution in [-0.2, 0) is 11.2 Å². The molecule has 1 atom stereocenters. The number of amides is 1. The Balaban J connectivity index is 1.55. The number of nitrogens with one attached hydrogen (secondary N) is 1. The van der Waals surface area contributed by atoms with Gasteiger partial charge in [-0.15, -0.1) is 0 Å². The molecule has 2 N–H and O–H groups in total. The van der Waals surface area contributed by atoms with Crippen LogP contribution in [0.2, 0.25) is 0 Å². The Labute approximate surface area is 212 Å². The summed E-state index contributed by atoms with van der Waals surface area (Å²) in [7, 11) is 4.64. The third-order valence-electron chi connectivity index (χ3n) is 6.63. The Bertz CT molecular complexity index is 1500. The molecule has 9 nitrogen and oxygen atoms in total. The number of H-pyrrole nitrogens is 1. The summed E-state index contributed by atoms with van der Waals surface area (Å²) in [6, 6.07) is 13.0. The molecule has 0 radical (unpaired) electrons. The summed E-state index contributed by atoms with van der Waals surface area (Å²) in [5.41, 5.74) is 2.37. The number of Topliss-reactive ketones (excluding diaryl/α,β-unsaturated/α-hetero) is 1. The molecule has 4 aromatic rings. The van der Waals surface area contributed by atoms with Crippen molar-refractivity contribution < 1.29 is 33.3 Å². The number of aromatic nitrogens is 1. The van der Waals surface area contributed by atoms with E-state index in [2.05, 4.69) is 4.98 Å². The number of methoxy groups -OCH3 is 3. The van der Waals surface area contributed by atoms with Gasteiger partial charge in [-0.25, -0.2) is 0 Å². The summed E-state index contributed by atoms with van der Waals surface area (Å²) in [5.74, 6) is -0.109. The second kappa shape index (κ2) is 9.77. The SMILES string of the molecule is COc1ccc([C@H]2C(C(=O)c3ccco3)=C(O)C(=O)N2CCc2c[nH]c3ccc(OC)cc23)c(OC)c1. The molecule has 0 aliphatic carbocycles. The topological polar surface area (TPSA) is 114 Å². The number of aliphatic hydroxyl groups is 1. The van der Waals surface area contributed by atoms with Gasteiger partial charge in [0.1, 0.15) is 17.2 Å². The molecular weight excluding hydrogens is 476 g/mol. The lowest BCUT2D eigenvalue weighted by Gasteiger charge is -2.28. The normalized spacial score (nSPS) is 15.5. The summed E-state index contributed by atoms with van der Waals surface area (Å²) in [6.07, 6.45) is 3.72. The Morgan fingerprint density at radius 3 is 2.51 bits per heavy atom. The van der Waals surface area contributed by atoms with Crippen LogP contribution in [0.3, 0.4) is 0 Å². The smallest absolute Gasteiger partial charge is 0.290 e. The fourth-order valence-electron chi connectivity index (χ4n) is 4.76. The van der Waals surface area contributed by atoms with Gasteiger partial charge in [-0.3, -0.25) is 9.59 Å². The minimum Gasteiger partial charge on any atom is -0.503 e. The van der Waals surface area contributed by atoms with Gasteiger partial charge in [0.15, 0.2) is 11.5 Å². The molecule has 0 saturated carbocycles. The molecule has 5 rings (SSSR count). The van der Waals surface area contributed by atoms with Crippen LogP contribution < -0.4 is 14.2 Å². The highest BCUT2D eigenvalue weighted by Crippen LogP contribution is 2.43.